The molecule has 1 aliphatic rings. The van der Waals surface area contributed by atoms with E-state index in [2.05, 4.69) is 20.3 Å². The number of benzene rings is 3. The van der Waals surface area contributed by atoms with Crippen molar-refractivity contribution in [3.8, 4) is 11.5 Å². The molecule has 1 aromatic heterocycles. The number of carbonyl (C=O) groups is 2. The van der Waals surface area contributed by atoms with Gasteiger partial charge in [-0.1, -0.05) is 36.4 Å². The molecule has 0 saturated carbocycles. The standard InChI is InChI=1S/C26H21N5O5/c27-25-29-22(30-26(31-25)28-17-6-2-1-3-7-17)15-36-24(33)19-9-5-4-8-18(19)23(32)16-10-11-20-21(14-16)35-13-12-34-20/h1-11,14H,12-13,15H2,(H3,27,28,29,30,31). The molecule has 0 radical (unpaired) electrons. The van der Waals surface area contributed by atoms with Crippen LogP contribution in [-0.4, -0.2) is 39.9 Å². The number of ketones is 1. The number of hydrogen-bond donors (Lipinski definition) is 2. The third kappa shape index (κ3) is 5.07. The monoisotopic (exact) mass is 483 g/mol. The Balaban J connectivity index is 1.32. The highest BCUT2D eigenvalue weighted by Crippen LogP contribution is 2.31. The first kappa shape index (κ1) is 22.8. The summed E-state index contributed by atoms with van der Waals surface area (Å²) in [6.45, 7) is 0.588. The second kappa shape index (κ2) is 10.1. The first-order valence-corrected chi connectivity index (χ1v) is 11.1. The smallest absolute Gasteiger partial charge is 0.339 e. The zero-order valence-corrected chi connectivity index (χ0v) is 19.0. The molecule has 0 saturated heterocycles. The number of hydrogen-bond acceptors (Lipinski definition) is 10. The molecule has 10 heteroatoms. The molecule has 0 amide bonds. The Morgan fingerprint density at radius 3 is 2.39 bits per heavy atom. The Morgan fingerprint density at radius 2 is 1.58 bits per heavy atom. The third-order valence-corrected chi connectivity index (χ3v) is 5.26. The number of nitrogen functional groups attached to an aromatic ring is 1. The summed E-state index contributed by atoms with van der Waals surface area (Å²) in [5.74, 6) is 0.358. The molecule has 3 N–H and O–H groups in total. The Bertz CT molecular complexity index is 1430. The molecule has 180 valence electrons. The summed E-state index contributed by atoms with van der Waals surface area (Å²) in [6.07, 6.45) is 0. The number of nitrogens with one attached hydrogen (secondary N) is 1. The molecule has 0 aliphatic carbocycles. The van der Waals surface area contributed by atoms with Crippen LogP contribution in [0.25, 0.3) is 0 Å². The van der Waals surface area contributed by atoms with Crippen molar-refractivity contribution in [2.24, 2.45) is 0 Å². The molecule has 10 nitrogen and oxygen atoms in total. The topological polar surface area (TPSA) is 139 Å². The number of carbonyl (C=O) groups excluding carboxylic acids is 2. The fourth-order valence-corrected chi connectivity index (χ4v) is 3.62. The third-order valence-electron chi connectivity index (χ3n) is 5.26. The summed E-state index contributed by atoms with van der Waals surface area (Å²) in [5, 5.41) is 3.02. The fourth-order valence-electron chi connectivity index (χ4n) is 3.62. The molecular formula is C26H21N5O5. The minimum Gasteiger partial charge on any atom is -0.486 e. The van der Waals surface area contributed by atoms with Crippen molar-refractivity contribution in [2.45, 2.75) is 6.61 Å². The molecule has 36 heavy (non-hydrogen) atoms. The van der Waals surface area contributed by atoms with Gasteiger partial charge in [0.15, 0.2) is 29.7 Å². The van der Waals surface area contributed by atoms with Crippen molar-refractivity contribution in [2.75, 3.05) is 24.3 Å². The Kier molecular flexibility index (Phi) is 6.39. The van der Waals surface area contributed by atoms with Gasteiger partial charge in [-0.25, -0.2) is 4.79 Å². The van der Waals surface area contributed by atoms with Crippen LogP contribution >= 0.6 is 0 Å². The van der Waals surface area contributed by atoms with Crippen molar-refractivity contribution in [1.29, 1.82) is 0 Å². The lowest BCUT2D eigenvalue weighted by Gasteiger charge is -2.18. The van der Waals surface area contributed by atoms with Crippen LogP contribution in [0.15, 0.2) is 72.8 Å². The molecule has 4 aromatic rings. The molecule has 0 unspecified atom stereocenters. The number of ether oxygens (including phenoxy) is 3. The number of nitrogens with two attached hydrogens (primary N) is 1. The molecular weight excluding hydrogens is 462 g/mol. The zero-order valence-electron chi connectivity index (χ0n) is 19.0. The van der Waals surface area contributed by atoms with Gasteiger partial charge in [0, 0.05) is 16.8 Å². The van der Waals surface area contributed by atoms with E-state index in [1.165, 1.54) is 6.07 Å². The van der Waals surface area contributed by atoms with Crippen LogP contribution in [0.2, 0.25) is 0 Å². The number of esters is 1. The van der Waals surface area contributed by atoms with E-state index in [-0.39, 0.29) is 41.2 Å². The van der Waals surface area contributed by atoms with Crippen molar-refractivity contribution in [1.82, 2.24) is 15.0 Å². The van der Waals surface area contributed by atoms with Gasteiger partial charge in [0.25, 0.3) is 0 Å². The maximum atomic E-state index is 13.2. The molecule has 0 atom stereocenters. The second-order valence-corrected chi connectivity index (χ2v) is 7.73. The Labute approximate surface area is 206 Å². The van der Waals surface area contributed by atoms with Gasteiger partial charge in [-0.15, -0.1) is 0 Å². The fraction of sp³-hybridized carbons (Fsp3) is 0.115. The molecule has 0 spiro atoms. The normalized spacial score (nSPS) is 12.0. The van der Waals surface area contributed by atoms with Crippen molar-refractivity contribution in [3.05, 3.63) is 95.3 Å². The molecule has 0 bridgehead atoms. The van der Waals surface area contributed by atoms with Crippen molar-refractivity contribution in [3.63, 3.8) is 0 Å². The lowest BCUT2D eigenvalue weighted by Crippen LogP contribution is -2.17. The van der Waals surface area contributed by atoms with Crippen molar-refractivity contribution >= 4 is 29.3 Å². The van der Waals surface area contributed by atoms with Crippen LogP contribution in [0.1, 0.15) is 32.1 Å². The minimum absolute atomic E-state index is 0.0244. The summed E-state index contributed by atoms with van der Waals surface area (Å²) in [4.78, 5) is 38.5. The number of rotatable bonds is 7. The predicted octanol–water partition coefficient (Wildman–Crippen LogP) is 3.56. The van der Waals surface area contributed by atoms with E-state index in [0.717, 1.165) is 5.69 Å². The van der Waals surface area contributed by atoms with E-state index in [1.54, 1.807) is 36.4 Å². The van der Waals surface area contributed by atoms with E-state index < -0.39 is 5.97 Å². The van der Waals surface area contributed by atoms with Crippen LogP contribution in [0.3, 0.4) is 0 Å². The molecule has 1 aliphatic heterocycles. The average Bonchev–Trinajstić information content (AvgIpc) is 2.91. The highest BCUT2D eigenvalue weighted by Gasteiger charge is 2.22. The molecule has 2 heterocycles. The highest BCUT2D eigenvalue weighted by atomic mass is 16.6. The van der Waals surface area contributed by atoms with Gasteiger partial charge >= 0.3 is 5.97 Å². The largest absolute Gasteiger partial charge is 0.486 e. The minimum atomic E-state index is -0.701. The molecule has 3 aromatic carbocycles. The zero-order chi connectivity index (χ0) is 24.9. The number of para-hydroxylation sites is 1. The van der Waals surface area contributed by atoms with E-state index in [4.69, 9.17) is 19.9 Å². The van der Waals surface area contributed by atoms with Gasteiger partial charge in [-0.2, -0.15) is 15.0 Å². The van der Waals surface area contributed by atoms with Gasteiger partial charge in [0.1, 0.15) is 13.2 Å². The van der Waals surface area contributed by atoms with Crippen molar-refractivity contribution < 1.29 is 23.8 Å². The number of anilines is 3. The molecule has 0 fully saturated rings. The van der Waals surface area contributed by atoms with Crippen LogP contribution < -0.4 is 20.5 Å². The lowest BCUT2D eigenvalue weighted by molar-refractivity contribution is 0.0459. The highest BCUT2D eigenvalue weighted by molar-refractivity contribution is 6.14. The van der Waals surface area contributed by atoms with Gasteiger partial charge in [-0.3, -0.25) is 4.79 Å². The SMILES string of the molecule is Nc1nc(COC(=O)c2ccccc2C(=O)c2ccc3c(c2)OCCO3)nc(Nc2ccccc2)n1. The maximum absolute atomic E-state index is 13.2. The summed E-state index contributed by atoms with van der Waals surface area (Å²) in [6, 6.07) is 20.6. The Hall–Kier alpha value is -4.99. The summed E-state index contributed by atoms with van der Waals surface area (Å²) >= 11 is 0. The van der Waals surface area contributed by atoms with Gasteiger partial charge in [0.05, 0.1) is 5.56 Å². The summed E-state index contributed by atoms with van der Waals surface area (Å²) in [5.41, 5.74) is 7.23. The van der Waals surface area contributed by atoms with Crippen LogP contribution in [0.4, 0.5) is 17.6 Å². The van der Waals surface area contributed by atoms with Crippen LogP contribution in [0.5, 0.6) is 11.5 Å². The van der Waals surface area contributed by atoms with Gasteiger partial charge in [-0.05, 0) is 36.4 Å². The summed E-state index contributed by atoms with van der Waals surface area (Å²) in [7, 11) is 0. The first-order valence-electron chi connectivity index (χ1n) is 11.1. The van der Waals surface area contributed by atoms with Gasteiger partial charge < -0.3 is 25.3 Å². The predicted molar refractivity (Wildman–Crippen MR) is 130 cm³/mol. The number of fused-ring (bicyclic) bond motifs is 1. The second-order valence-electron chi connectivity index (χ2n) is 7.73. The van der Waals surface area contributed by atoms with E-state index in [9.17, 15) is 9.59 Å². The average molecular weight is 483 g/mol. The van der Waals surface area contributed by atoms with Crippen LogP contribution in [0, 0.1) is 0 Å². The van der Waals surface area contributed by atoms with E-state index in [1.807, 2.05) is 30.3 Å². The number of nitrogens with zero attached hydrogens (tertiary/aromatic N) is 3. The molecule has 5 rings (SSSR count). The first-order chi connectivity index (χ1) is 17.6. The quantitative estimate of drug-likeness (QED) is 0.296. The maximum Gasteiger partial charge on any atom is 0.339 e. The van der Waals surface area contributed by atoms with E-state index >= 15 is 0 Å². The summed E-state index contributed by atoms with van der Waals surface area (Å²) < 4.78 is 16.5. The van der Waals surface area contributed by atoms with Crippen LogP contribution in [-0.2, 0) is 11.3 Å². The lowest BCUT2D eigenvalue weighted by atomic mass is 9.98. The van der Waals surface area contributed by atoms with E-state index in [0.29, 0.717) is 30.3 Å². The van der Waals surface area contributed by atoms with Gasteiger partial charge in [0.2, 0.25) is 11.9 Å². The number of aromatic nitrogens is 3. The Morgan fingerprint density at radius 1 is 0.861 bits per heavy atom.